The van der Waals surface area contributed by atoms with E-state index in [-0.39, 0.29) is 22.0 Å². The molecule has 6 atom stereocenters. The van der Waals surface area contributed by atoms with Crippen LogP contribution in [0, 0.1) is 0 Å². The number of para-hydroxylation sites is 2. The second kappa shape index (κ2) is 18.2. The molecule has 4 aliphatic rings. The van der Waals surface area contributed by atoms with Crippen LogP contribution >= 0.6 is 14.7 Å². The molecule has 12 nitrogen and oxygen atoms in total. The van der Waals surface area contributed by atoms with Crippen molar-refractivity contribution in [1.29, 1.82) is 0 Å². The number of hydrogen-bond acceptors (Lipinski definition) is 12. The standard InChI is InChI=1S/C56H46N2O10P2S/c59-69(53-15-7-3-11-49(53)47-9-1-5-13-51(47)67-69)55(37-17-25-41(26-18-37)63-33-43-35-65-43)57-39-21-29-45(30-22-39)71(61,62)46-31-23-40(24-32-46)58-56(38-19-27-42(28-20-38)64-34-44-36-66-44)70(60)54-16-8-4-12-50(54)48-10-2-6-14-52(48)68-70/h1-32,43-44,55-58H,33-36H2. The molecule has 6 unspecified atom stereocenters. The number of anilines is 2. The normalized spacial score (nSPS) is 21.0. The van der Waals surface area contributed by atoms with Gasteiger partial charge in [0.15, 0.2) is 0 Å². The summed E-state index contributed by atoms with van der Waals surface area (Å²) >= 11 is 0. The molecular weight excluding hydrogens is 955 g/mol. The molecule has 0 spiro atoms. The van der Waals surface area contributed by atoms with E-state index < -0.39 is 36.1 Å². The summed E-state index contributed by atoms with van der Waals surface area (Å²) in [5.41, 5.74) is 5.76. The number of rotatable bonds is 16. The van der Waals surface area contributed by atoms with Crippen LogP contribution in [0.3, 0.4) is 0 Å². The van der Waals surface area contributed by atoms with E-state index in [2.05, 4.69) is 10.6 Å². The summed E-state index contributed by atoms with van der Waals surface area (Å²) in [4.78, 5) is 0.120. The summed E-state index contributed by atoms with van der Waals surface area (Å²) in [5, 5.41) is 8.09. The van der Waals surface area contributed by atoms with E-state index in [0.717, 1.165) is 22.3 Å². The molecule has 2 saturated heterocycles. The van der Waals surface area contributed by atoms with Gasteiger partial charge in [-0.05, 0) is 119 Å². The van der Waals surface area contributed by atoms with Gasteiger partial charge < -0.3 is 38.6 Å². The minimum Gasteiger partial charge on any atom is -0.491 e. The van der Waals surface area contributed by atoms with Crippen LogP contribution in [0.5, 0.6) is 23.0 Å². The quantitative estimate of drug-likeness (QED) is 0.0699. The third-order valence-corrected chi connectivity index (χ3v) is 20.0. The summed E-state index contributed by atoms with van der Waals surface area (Å²) in [6.07, 6.45) is 0.177. The van der Waals surface area contributed by atoms with Crippen LogP contribution in [0.1, 0.15) is 22.7 Å². The Balaban J connectivity index is 0.825. The van der Waals surface area contributed by atoms with Gasteiger partial charge in [0.1, 0.15) is 60.0 Å². The first-order valence-corrected chi connectivity index (χ1v) is 28.1. The summed E-state index contributed by atoms with van der Waals surface area (Å²) in [6.45, 7) is 2.23. The molecule has 2 N–H and O–H groups in total. The number of fused-ring (bicyclic) bond motifs is 6. The molecule has 0 saturated carbocycles. The molecule has 0 bridgehead atoms. The predicted molar refractivity (Wildman–Crippen MR) is 274 cm³/mol. The number of benzene rings is 8. The van der Waals surface area contributed by atoms with Crippen molar-refractivity contribution < 1.29 is 45.5 Å². The van der Waals surface area contributed by atoms with Crippen LogP contribution in [-0.2, 0) is 28.4 Å². The average molecular weight is 1000 g/mol. The van der Waals surface area contributed by atoms with E-state index in [1.165, 1.54) is 24.3 Å². The number of nitrogens with one attached hydrogen (secondary N) is 2. The summed E-state index contributed by atoms with van der Waals surface area (Å²) in [6, 6.07) is 57.8. The maximum absolute atomic E-state index is 15.6. The minimum absolute atomic E-state index is 0.0602. The number of sulfone groups is 1. The highest BCUT2D eigenvalue weighted by Gasteiger charge is 2.46. The van der Waals surface area contributed by atoms with Crippen LogP contribution in [0.15, 0.2) is 204 Å². The lowest BCUT2D eigenvalue weighted by Gasteiger charge is -2.35. The fraction of sp³-hybridized carbons (Fsp3) is 0.143. The van der Waals surface area contributed by atoms with E-state index in [1.807, 2.05) is 146 Å². The molecule has 8 aromatic carbocycles. The van der Waals surface area contributed by atoms with Gasteiger partial charge in [-0.25, -0.2) is 8.42 Å². The molecule has 12 rings (SSSR count). The van der Waals surface area contributed by atoms with Gasteiger partial charge in [0.25, 0.3) is 0 Å². The van der Waals surface area contributed by atoms with Gasteiger partial charge >= 0.3 is 14.7 Å². The monoisotopic (exact) mass is 1000 g/mol. The van der Waals surface area contributed by atoms with Gasteiger partial charge in [0, 0.05) is 22.5 Å². The number of ether oxygens (including phenoxy) is 4. The molecule has 0 amide bonds. The van der Waals surface area contributed by atoms with Crippen molar-refractivity contribution in [3.05, 3.63) is 205 Å². The molecule has 2 fully saturated rings. The lowest BCUT2D eigenvalue weighted by molar-refractivity contribution is 0.263. The Morgan fingerprint density at radius 2 is 0.817 bits per heavy atom. The topological polar surface area (TPSA) is 154 Å². The Morgan fingerprint density at radius 1 is 0.465 bits per heavy atom. The van der Waals surface area contributed by atoms with Crippen molar-refractivity contribution in [3.63, 3.8) is 0 Å². The fourth-order valence-corrected chi connectivity index (χ4v) is 15.6. The third-order valence-electron chi connectivity index (χ3n) is 13.0. The van der Waals surface area contributed by atoms with Crippen LogP contribution in [-0.4, -0.2) is 47.1 Å². The Bertz CT molecular complexity index is 3270. The highest BCUT2D eigenvalue weighted by atomic mass is 32.2. The molecule has 4 aliphatic heterocycles. The maximum atomic E-state index is 15.6. The van der Waals surface area contributed by atoms with E-state index >= 15 is 9.13 Å². The van der Waals surface area contributed by atoms with E-state index in [4.69, 9.17) is 28.0 Å². The minimum atomic E-state index is -4.03. The SMILES string of the molecule is O=P1(C(Nc2ccc(S(=O)(=O)c3ccc(NC(c4ccc(OCC5CO5)cc4)P4(=O)Oc5ccccc5-c5ccccc54)cc3)cc2)c2ccc(OCC3CO3)cc2)Oc2ccccc2-c2ccccc21. The lowest BCUT2D eigenvalue weighted by atomic mass is 10.0. The molecule has 0 aromatic heterocycles. The van der Waals surface area contributed by atoms with Crippen molar-refractivity contribution in [3.8, 4) is 45.3 Å². The highest BCUT2D eigenvalue weighted by Crippen LogP contribution is 2.65. The van der Waals surface area contributed by atoms with Crippen molar-refractivity contribution in [1.82, 2.24) is 0 Å². The highest BCUT2D eigenvalue weighted by molar-refractivity contribution is 7.91. The van der Waals surface area contributed by atoms with Gasteiger partial charge in [0.05, 0.1) is 33.6 Å². The molecule has 15 heteroatoms. The molecule has 356 valence electrons. The van der Waals surface area contributed by atoms with Crippen LogP contribution in [0.4, 0.5) is 11.4 Å². The molecule has 71 heavy (non-hydrogen) atoms. The Morgan fingerprint density at radius 3 is 1.20 bits per heavy atom. The largest absolute Gasteiger partial charge is 0.491 e. The first kappa shape index (κ1) is 45.1. The summed E-state index contributed by atoms with van der Waals surface area (Å²) in [7, 11) is -11.6. The lowest BCUT2D eigenvalue weighted by Crippen LogP contribution is -2.26. The fourth-order valence-electron chi connectivity index (χ4n) is 9.10. The zero-order chi connectivity index (χ0) is 48.2. The molecule has 8 aromatic rings. The summed E-state index contributed by atoms with van der Waals surface area (Å²) < 4.78 is 95.4. The van der Waals surface area contributed by atoms with Crippen molar-refractivity contribution in [2.24, 2.45) is 0 Å². The van der Waals surface area contributed by atoms with Gasteiger partial charge in [-0.3, -0.25) is 9.13 Å². The first-order valence-electron chi connectivity index (χ1n) is 23.3. The van der Waals surface area contributed by atoms with Crippen LogP contribution < -0.4 is 39.8 Å². The van der Waals surface area contributed by atoms with Gasteiger partial charge in [-0.2, -0.15) is 0 Å². The van der Waals surface area contributed by atoms with Crippen molar-refractivity contribution in [2.75, 3.05) is 37.1 Å². The van der Waals surface area contributed by atoms with Crippen molar-refractivity contribution >= 4 is 46.6 Å². The maximum Gasteiger partial charge on any atom is 0.303 e. The zero-order valence-corrected chi connectivity index (χ0v) is 40.6. The molecule has 0 radical (unpaired) electrons. The Labute approximate surface area is 411 Å². The predicted octanol–water partition coefficient (Wildman–Crippen LogP) is 11.6. The second-order valence-corrected chi connectivity index (χ2v) is 24.4. The van der Waals surface area contributed by atoms with E-state index in [9.17, 15) is 8.42 Å². The average Bonchev–Trinajstić information content (AvgIpc) is 4.37. The first-order chi connectivity index (χ1) is 34.6. The molecule has 0 aliphatic carbocycles. The van der Waals surface area contributed by atoms with Gasteiger partial charge in [0.2, 0.25) is 9.84 Å². The van der Waals surface area contributed by atoms with Gasteiger partial charge in [-0.1, -0.05) is 97.1 Å². The number of hydrogen-bond donors (Lipinski definition) is 2. The van der Waals surface area contributed by atoms with Gasteiger partial charge in [-0.15, -0.1) is 0 Å². The molecule has 4 heterocycles. The molecular formula is C56H46N2O10P2S. The summed E-state index contributed by atoms with van der Waals surface area (Å²) in [5.74, 6) is 0.562. The third kappa shape index (κ3) is 8.79. The van der Waals surface area contributed by atoms with E-state index in [1.54, 1.807) is 24.3 Å². The van der Waals surface area contributed by atoms with Crippen LogP contribution in [0.2, 0.25) is 0 Å². The smallest absolute Gasteiger partial charge is 0.303 e. The Hall–Kier alpha value is -7.11. The van der Waals surface area contributed by atoms with Crippen LogP contribution in [0.25, 0.3) is 22.3 Å². The van der Waals surface area contributed by atoms with Crippen molar-refractivity contribution in [2.45, 2.75) is 33.6 Å². The van der Waals surface area contributed by atoms with E-state index in [0.29, 0.717) is 82.5 Å². The Kier molecular flexibility index (Phi) is 11.6. The zero-order valence-electron chi connectivity index (χ0n) is 38.0. The second-order valence-electron chi connectivity index (χ2n) is 17.7. The number of epoxide rings is 2.